The Balaban J connectivity index is 2.37. The van der Waals surface area contributed by atoms with Crippen molar-refractivity contribution >= 4 is 11.7 Å². The summed E-state index contributed by atoms with van der Waals surface area (Å²) in [5, 5.41) is 5.91. The van der Waals surface area contributed by atoms with Gasteiger partial charge in [0.1, 0.15) is 0 Å². The van der Waals surface area contributed by atoms with E-state index in [1.165, 1.54) is 31.2 Å². The number of benzene rings is 1. The molecule has 0 aliphatic heterocycles. The molecule has 0 aliphatic rings. The third kappa shape index (κ3) is 7.51. The molecule has 2 amide bonds. The minimum atomic E-state index is -0.121. The number of carbonyl (C=O) groups excluding carboxylic acids is 1. The van der Waals surface area contributed by atoms with Gasteiger partial charge in [-0.25, -0.2) is 4.79 Å². The van der Waals surface area contributed by atoms with E-state index in [9.17, 15) is 4.79 Å². The van der Waals surface area contributed by atoms with Crippen molar-refractivity contribution in [2.24, 2.45) is 0 Å². The summed E-state index contributed by atoms with van der Waals surface area (Å²) < 4.78 is 0. The van der Waals surface area contributed by atoms with Gasteiger partial charge in [-0.2, -0.15) is 0 Å². The maximum Gasteiger partial charge on any atom is 0.319 e. The zero-order chi connectivity index (χ0) is 17.1. The molecule has 4 nitrogen and oxygen atoms in total. The number of anilines is 1. The van der Waals surface area contributed by atoms with Gasteiger partial charge in [0.25, 0.3) is 0 Å². The molecule has 1 aromatic carbocycles. The molecule has 0 saturated carbocycles. The van der Waals surface area contributed by atoms with Crippen LogP contribution in [-0.4, -0.2) is 37.1 Å². The summed E-state index contributed by atoms with van der Waals surface area (Å²) in [5.41, 5.74) is 3.19. The largest absolute Gasteiger partial charge is 0.337 e. The average Bonchev–Trinajstić information content (AvgIpc) is 2.54. The van der Waals surface area contributed by atoms with Gasteiger partial charge in [-0.15, -0.1) is 0 Å². The maximum absolute atomic E-state index is 12.0. The van der Waals surface area contributed by atoms with E-state index in [2.05, 4.69) is 42.4 Å². The fourth-order valence-corrected chi connectivity index (χ4v) is 2.48. The molecule has 23 heavy (non-hydrogen) atoms. The lowest BCUT2D eigenvalue weighted by atomic mass is 10.1. The Morgan fingerprint density at radius 2 is 1.70 bits per heavy atom. The zero-order valence-electron chi connectivity index (χ0n) is 15.2. The van der Waals surface area contributed by atoms with E-state index >= 15 is 0 Å². The van der Waals surface area contributed by atoms with Gasteiger partial charge >= 0.3 is 6.03 Å². The SMILES string of the molecule is CCCCN(CCCC)CCNC(=O)Nc1cccc(C)c1C. The third-order valence-corrected chi connectivity index (χ3v) is 4.22. The first kappa shape index (κ1) is 19.5. The molecular formula is C19H33N3O. The molecule has 0 saturated heterocycles. The second kappa shape index (κ2) is 11.1. The highest BCUT2D eigenvalue weighted by atomic mass is 16.2. The third-order valence-electron chi connectivity index (χ3n) is 4.22. The lowest BCUT2D eigenvalue weighted by Crippen LogP contribution is -2.38. The van der Waals surface area contributed by atoms with Crippen molar-refractivity contribution < 1.29 is 4.79 Å². The summed E-state index contributed by atoms with van der Waals surface area (Å²) in [6.45, 7) is 12.4. The summed E-state index contributed by atoms with van der Waals surface area (Å²) >= 11 is 0. The number of nitrogens with one attached hydrogen (secondary N) is 2. The van der Waals surface area contributed by atoms with Gasteiger partial charge in [0.15, 0.2) is 0 Å². The minimum absolute atomic E-state index is 0.121. The normalized spacial score (nSPS) is 10.8. The Morgan fingerprint density at radius 1 is 1.04 bits per heavy atom. The molecule has 0 radical (unpaired) electrons. The summed E-state index contributed by atoms with van der Waals surface area (Å²) in [7, 11) is 0. The van der Waals surface area contributed by atoms with Crippen molar-refractivity contribution in [1.82, 2.24) is 10.2 Å². The summed E-state index contributed by atoms with van der Waals surface area (Å²) in [6.07, 6.45) is 4.86. The second-order valence-electron chi connectivity index (χ2n) is 6.18. The lowest BCUT2D eigenvalue weighted by Gasteiger charge is -2.22. The van der Waals surface area contributed by atoms with Crippen LogP contribution in [0.25, 0.3) is 0 Å². The van der Waals surface area contributed by atoms with Crippen molar-refractivity contribution in [3.63, 3.8) is 0 Å². The lowest BCUT2D eigenvalue weighted by molar-refractivity contribution is 0.242. The van der Waals surface area contributed by atoms with Crippen LogP contribution in [0.5, 0.6) is 0 Å². The van der Waals surface area contributed by atoms with Gasteiger partial charge in [0.2, 0.25) is 0 Å². The zero-order valence-corrected chi connectivity index (χ0v) is 15.2. The van der Waals surface area contributed by atoms with Gasteiger partial charge < -0.3 is 15.5 Å². The van der Waals surface area contributed by atoms with E-state index in [0.717, 1.165) is 30.9 Å². The smallest absolute Gasteiger partial charge is 0.319 e. The molecule has 130 valence electrons. The van der Waals surface area contributed by atoms with Gasteiger partial charge in [0.05, 0.1) is 0 Å². The molecule has 1 aromatic rings. The molecule has 2 N–H and O–H groups in total. The second-order valence-corrected chi connectivity index (χ2v) is 6.18. The molecule has 4 heteroatoms. The molecule has 0 fully saturated rings. The van der Waals surface area contributed by atoms with Gasteiger partial charge in [-0.05, 0) is 57.0 Å². The van der Waals surface area contributed by atoms with Gasteiger partial charge in [-0.3, -0.25) is 0 Å². The van der Waals surface area contributed by atoms with Crippen LogP contribution in [0.15, 0.2) is 18.2 Å². The number of aryl methyl sites for hydroxylation is 1. The van der Waals surface area contributed by atoms with Gasteiger partial charge in [-0.1, -0.05) is 38.8 Å². The standard InChI is InChI=1S/C19H33N3O/c1-5-7-13-22(14-8-6-2)15-12-20-19(23)21-18-11-9-10-16(3)17(18)4/h9-11H,5-8,12-15H2,1-4H3,(H2,20,21,23). The van der Waals surface area contributed by atoms with Crippen LogP contribution < -0.4 is 10.6 Å². The summed E-state index contributed by atoms with van der Waals surface area (Å²) in [5.74, 6) is 0. The molecule has 1 rings (SSSR count). The number of nitrogens with zero attached hydrogens (tertiary/aromatic N) is 1. The van der Waals surface area contributed by atoms with Crippen molar-refractivity contribution in [3.8, 4) is 0 Å². The van der Waals surface area contributed by atoms with E-state index in [0.29, 0.717) is 6.54 Å². The molecule has 0 atom stereocenters. The number of carbonyl (C=O) groups is 1. The minimum Gasteiger partial charge on any atom is -0.337 e. The number of unbranched alkanes of at least 4 members (excludes halogenated alkanes) is 2. The van der Waals surface area contributed by atoms with E-state index in [1.54, 1.807) is 0 Å². The molecule has 0 heterocycles. The number of hydrogen-bond donors (Lipinski definition) is 2. The number of amides is 2. The highest BCUT2D eigenvalue weighted by Gasteiger charge is 2.07. The first-order valence-corrected chi connectivity index (χ1v) is 8.91. The fourth-order valence-electron chi connectivity index (χ4n) is 2.48. The quantitative estimate of drug-likeness (QED) is 0.674. The van der Waals surface area contributed by atoms with Crippen LogP contribution in [0.1, 0.15) is 50.7 Å². The average molecular weight is 319 g/mol. The monoisotopic (exact) mass is 319 g/mol. The van der Waals surface area contributed by atoms with Gasteiger partial charge in [0, 0.05) is 18.8 Å². The van der Waals surface area contributed by atoms with Crippen LogP contribution in [0.2, 0.25) is 0 Å². The molecule has 0 unspecified atom stereocenters. The van der Waals surface area contributed by atoms with E-state index in [1.807, 2.05) is 19.1 Å². The predicted octanol–water partition coefficient (Wildman–Crippen LogP) is 4.33. The Hall–Kier alpha value is -1.55. The van der Waals surface area contributed by atoms with E-state index in [-0.39, 0.29) is 6.03 Å². The molecular weight excluding hydrogens is 286 g/mol. The molecule has 0 bridgehead atoms. The Bertz CT molecular complexity index is 466. The highest BCUT2D eigenvalue weighted by molar-refractivity contribution is 5.90. The van der Waals surface area contributed by atoms with E-state index in [4.69, 9.17) is 0 Å². The van der Waals surface area contributed by atoms with Crippen LogP contribution in [-0.2, 0) is 0 Å². The summed E-state index contributed by atoms with van der Waals surface area (Å²) in [4.78, 5) is 14.5. The van der Waals surface area contributed by atoms with Crippen LogP contribution in [0, 0.1) is 13.8 Å². The van der Waals surface area contributed by atoms with E-state index < -0.39 is 0 Å². The first-order chi connectivity index (χ1) is 11.1. The van der Waals surface area contributed by atoms with Crippen LogP contribution >= 0.6 is 0 Å². The van der Waals surface area contributed by atoms with Crippen LogP contribution in [0.3, 0.4) is 0 Å². The van der Waals surface area contributed by atoms with Crippen molar-refractivity contribution in [2.75, 3.05) is 31.5 Å². The van der Waals surface area contributed by atoms with Crippen molar-refractivity contribution in [1.29, 1.82) is 0 Å². The first-order valence-electron chi connectivity index (χ1n) is 8.91. The Morgan fingerprint density at radius 3 is 2.30 bits per heavy atom. The number of rotatable bonds is 10. The maximum atomic E-state index is 12.0. The molecule has 0 spiro atoms. The predicted molar refractivity (Wildman–Crippen MR) is 99.2 cm³/mol. The topological polar surface area (TPSA) is 44.4 Å². The number of urea groups is 1. The number of hydrogen-bond acceptors (Lipinski definition) is 2. The summed E-state index contributed by atoms with van der Waals surface area (Å²) in [6, 6.07) is 5.84. The van der Waals surface area contributed by atoms with Crippen LogP contribution in [0.4, 0.5) is 10.5 Å². The Labute approximate surface area is 141 Å². The fraction of sp³-hybridized carbons (Fsp3) is 0.632. The molecule has 0 aliphatic carbocycles. The van der Waals surface area contributed by atoms with Crippen molar-refractivity contribution in [3.05, 3.63) is 29.3 Å². The molecule has 0 aromatic heterocycles. The highest BCUT2D eigenvalue weighted by Crippen LogP contribution is 2.17. The Kier molecular flexibility index (Phi) is 9.37. The van der Waals surface area contributed by atoms with Crippen molar-refractivity contribution in [2.45, 2.75) is 53.4 Å².